The van der Waals surface area contributed by atoms with Crippen molar-refractivity contribution in [3.05, 3.63) is 0 Å². The molecule has 0 N–H and O–H groups in total. The molecule has 0 aromatic rings. The first-order valence-corrected chi connectivity index (χ1v) is 7.71. The van der Waals surface area contributed by atoms with Crippen LogP contribution in [0.3, 0.4) is 0 Å². The van der Waals surface area contributed by atoms with Crippen LogP contribution in [-0.4, -0.2) is 36.0 Å². The Morgan fingerprint density at radius 1 is 1.11 bits per heavy atom. The molecule has 1 heterocycles. The number of carbonyl (C=O) groups is 2. The Morgan fingerprint density at radius 2 is 1.79 bits per heavy atom. The molecule has 3 unspecified atom stereocenters. The fourth-order valence-corrected chi connectivity index (χ4v) is 4.06. The number of rotatable bonds is 3. The first-order chi connectivity index (χ1) is 9.24. The lowest BCUT2D eigenvalue weighted by molar-refractivity contribution is -0.153. The van der Waals surface area contributed by atoms with E-state index >= 15 is 0 Å². The van der Waals surface area contributed by atoms with Crippen LogP contribution >= 0.6 is 0 Å². The number of fused-ring (bicyclic) bond motifs is 1. The summed E-state index contributed by atoms with van der Waals surface area (Å²) in [4.78, 5) is 26.3. The molecule has 3 atom stereocenters. The third-order valence-electron chi connectivity index (χ3n) is 5.04. The zero-order chi connectivity index (χ0) is 13.4. The van der Waals surface area contributed by atoms with E-state index in [-0.39, 0.29) is 23.8 Å². The molecular weight excluding hydrogens is 242 g/mol. The van der Waals surface area contributed by atoms with Gasteiger partial charge in [-0.05, 0) is 44.4 Å². The van der Waals surface area contributed by atoms with E-state index in [1.54, 1.807) is 4.90 Å². The molecule has 3 rings (SSSR count). The Bertz CT molecular complexity index is 370. The van der Waals surface area contributed by atoms with Crippen LogP contribution in [0.4, 0.5) is 0 Å². The normalized spacial score (nSPS) is 36.8. The highest BCUT2D eigenvalue weighted by atomic mass is 16.5. The standard InChI is InChI=1S/C15H23NO3/c1-2-19-15(18)12-8-5-9-16(12)14(17)13-10-6-3-4-7-11(10)13/h10-13H,2-9H2,1H3. The second-order valence-electron chi connectivity index (χ2n) is 6.08. The maximum atomic E-state index is 12.6. The molecule has 2 aliphatic carbocycles. The summed E-state index contributed by atoms with van der Waals surface area (Å²) < 4.78 is 5.09. The second-order valence-corrected chi connectivity index (χ2v) is 6.08. The second kappa shape index (κ2) is 5.14. The largest absolute Gasteiger partial charge is 0.464 e. The van der Waals surface area contributed by atoms with E-state index in [2.05, 4.69) is 0 Å². The number of hydrogen-bond donors (Lipinski definition) is 0. The molecule has 2 saturated carbocycles. The number of hydrogen-bond acceptors (Lipinski definition) is 3. The van der Waals surface area contributed by atoms with E-state index in [1.807, 2.05) is 6.92 Å². The van der Waals surface area contributed by atoms with Crippen molar-refractivity contribution in [2.75, 3.05) is 13.2 Å². The highest BCUT2D eigenvalue weighted by Crippen LogP contribution is 2.56. The SMILES string of the molecule is CCOC(=O)C1CCCN1C(=O)C1C2CCCCC21. The van der Waals surface area contributed by atoms with Crippen LogP contribution in [0.5, 0.6) is 0 Å². The first-order valence-electron chi connectivity index (χ1n) is 7.71. The van der Waals surface area contributed by atoms with Gasteiger partial charge in [-0.2, -0.15) is 0 Å². The molecule has 0 aromatic carbocycles. The van der Waals surface area contributed by atoms with Gasteiger partial charge in [0.25, 0.3) is 0 Å². The molecule has 4 heteroatoms. The molecule has 19 heavy (non-hydrogen) atoms. The minimum Gasteiger partial charge on any atom is -0.464 e. The Hall–Kier alpha value is -1.06. The summed E-state index contributed by atoms with van der Waals surface area (Å²) in [5, 5.41) is 0. The van der Waals surface area contributed by atoms with Gasteiger partial charge < -0.3 is 9.64 Å². The lowest BCUT2D eigenvalue weighted by Crippen LogP contribution is -2.42. The van der Waals surface area contributed by atoms with Crippen molar-refractivity contribution in [3.8, 4) is 0 Å². The summed E-state index contributed by atoms with van der Waals surface area (Å²) in [6, 6.07) is -0.310. The van der Waals surface area contributed by atoms with E-state index in [9.17, 15) is 9.59 Å². The highest BCUT2D eigenvalue weighted by Gasteiger charge is 2.57. The molecule has 1 saturated heterocycles. The van der Waals surface area contributed by atoms with Crippen LogP contribution in [0.25, 0.3) is 0 Å². The first kappa shape index (κ1) is 12.9. The lowest BCUT2D eigenvalue weighted by atomic mass is 10.0. The van der Waals surface area contributed by atoms with Crippen molar-refractivity contribution in [2.45, 2.75) is 51.5 Å². The zero-order valence-electron chi connectivity index (χ0n) is 11.6. The van der Waals surface area contributed by atoms with Gasteiger partial charge in [0.15, 0.2) is 0 Å². The van der Waals surface area contributed by atoms with E-state index in [4.69, 9.17) is 4.74 Å². The molecular formula is C15H23NO3. The van der Waals surface area contributed by atoms with Crippen molar-refractivity contribution < 1.29 is 14.3 Å². The molecule has 0 bridgehead atoms. The van der Waals surface area contributed by atoms with Gasteiger partial charge in [-0.25, -0.2) is 4.79 Å². The van der Waals surface area contributed by atoms with Gasteiger partial charge >= 0.3 is 5.97 Å². The van der Waals surface area contributed by atoms with Crippen LogP contribution in [-0.2, 0) is 14.3 Å². The van der Waals surface area contributed by atoms with Crippen LogP contribution in [0, 0.1) is 17.8 Å². The average molecular weight is 265 g/mol. The predicted molar refractivity (Wildman–Crippen MR) is 70.3 cm³/mol. The van der Waals surface area contributed by atoms with Crippen molar-refractivity contribution in [1.82, 2.24) is 4.90 Å². The van der Waals surface area contributed by atoms with Crippen molar-refractivity contribution in [3.63, 3.8) is 0 Å². The fraction of sp³-hybridized carbons (Fsp3) is 0.867. The van der Waals surface area contributed by atoms with Crippen molar-refractivity contribution >= 4 is 11.9 Å². The molecule has 3 fully saturated rings. The number of ether oxygens (including phenoxy) is 1. The topological polar surface area (TPSA) is 46.6 Å². The van der Waals surface area contributed by atoms with Crippen molar-refractivity contribution in [1.29, 1.82) is 0 Å². The fourth-order valence-electron chi connectivity index (χ4n) is 4.06. The van der Waals surface area contributed by atoms with Gasteiger partial charge in [-0.1, -0.05) is 12.8 Å². The van der Waals surface area contributed by atoms with Gasteiger partial charge in [0.2, 0.25) is 5.91 Å². The van der Waals surface area contributed by atoms with E-state index in [1.165, 1.54) is 25.7 Å². The summed E-state index contributed by atoms with van der Waals surface area (Å²) in [6.45, 7) is 2.94. The van der Waals surface area contributed by atoms with Gasteiger partial charge in [-0.15, -0.1) is 0 Å². The monoisotopic (exact) mass is 265 g/mol. The predicted octanol–water partition coefficient (Wildman–Crippen LogP) is 1.98. The molecule has 106 valence electrons. The number of carbonyl (C=O) groups excluding carboxylic acids is 2. The van der Waals surface area contributed by atoms with Crippen LogP contribution < -0.4 is 0 Å². The van der Waals surface area contributed by atoms with Gasteiger partial charge in [0.1, 0.15) is 6.04 Å². The van der Waals surface area contributed by atoms with Crippen LogP contribution in [0.1, 0.15) is 45.4 Å². The molecule has 1 amide bonds. The summed E-state index contributed by atoms with van der Waals surface area (Å²) in [7, 11) is 0. The summed E-state index contributed by atoms with van der Waals surface area (Å²) in [5.41, 5.74) is 0. The quantitative estimate of drug-likeness (QED) is 0.733. The number of nitrogens with zero attached hydrogens (tertiary/aromatic N) is 1. The minimum absolute atomic E-state index is 0.211. The molecule has 4 nitrogen and oxygen atoms in total. The number of likely N-dealkylation sites (tertiary alicyclic amines) is 1. The highest BCUT2D eigenvalue weighted by molar-refractivity contribution is 5.88. The molecule has 0 spiro atoms. The molecule has 3 aliphatic rings. The van der Waals surface area contributed by atoms with Crippen molar-refractivity contribution in [2.24, 2.45) is 17.8 Å². The zero-order valence-corrected chi connectivity index (χ0v) is 11.6. The Morgan fingerprint density at radius 3 is 2.42 bits per heavy atom. The third kappa shape index (κ3) is 2.26. The Kier molecular flexibility index (Phi) is 3.50. The summed E-state index contributed by atoms with van der Waals surface area (Å²) in [5.74, 6) is 1.47. The number of amides is 1. The maximum Gasteiger partial charge on any atom is 0.328 e. The van der Waals surface area contributed by atoms with Crippen LogP contribution in [0.15, 0.2) is 0 Å². The maximum absolute atomic E-state index is 12.6. The van der Waals surface area contributed by atoms with Gasteiger partial charge in [-0.3, -0.25) is 4.79 Å². The molecule has 0 aromatic heterocycles. The number of esters is 1. The Labute approximate surface area is 114 Å². The third-order valence-corrected chi connectivity index (χ3v) is 5.04. The Balaban J connectivity index is 1.64. The molecule has 0 radical (unpaired) electrons. The van der Waals surface area contributed by atoms with E-state index in [0.717, 1.165) is 19.4 Å². The van der Waals surface area contributed by atoms with Crippen LogP contribution in [0.2, 0.25) is 0 Å². The minimum atomic E-state index is -0.310. The van der Waals surface area contributed by atoms with E-state index in [0.29, 0.717) is 18.4 Å². The summed E-state index contributed by atoms with van der Waals surface area (Å²) in [6.07, 6.45) is 6.65. The average Bonchev–Trinajstić information content (AvgIpc) is 2.93. The van der Waals surface area contributed by atoms with E-state index < -0.39 is 0 Å². The van der Waals surface area contributed by atoms with Gasteiger partial charge in [0, 0.05) is 12.5 Å². The van der Waals surface area contributed by atoms with Gasteiger partial charge in [0.05, 0.1) is 6.61 Å². The lowest BCUT2D eigenvalue weighted by Gasteiger charge is -2.23. The molecule has 1 aliphatic heterocycles. The smallest absolute Gasteiger partial charge is 0.328 e. The summed E-state index contributed by atoms with van der Waals surface area (Å²) >= 11 is 0.